The van der Waals surface area contributed by atoms with Crippen molar-refractivity contribution in [2.75, 3.05) is 11.5 Å². The number of fused-ring (bicyclic) bond motifs is 1. The van der Waals surface area contributed by atoms with Gasteiger partial charge in [0.15, 0.2) is 17.3 Å². The largest absolute Gasteiger partial charge is 0.454 e. The van der Waals surface area contributed by atoms with Gasteiger partial charge in [-0.15, -0.1) is 0 Å². The van der Waals surface area contributed by atoms with Crippen molar-refractivity contribution in [3.8, 4) is 11.5 Å². The number of halogens is 1. The zero-order valence-corrected chi connectivity index (χ0v) is 14.4. The Hall–Kier alpha value is -2.06. The van der Waals surface area contributed by atoms with Gasteiger partial charge in [0.1, 0.15) is 4.90 Å². The van der Waals surface area contributed by atoms with Crippen molar-refractivity contribution < 1.29 is 22.7 Å². The van der Waals surface area contributed by atoms with Gasteiger partial charge in [0, 0.05) is 16.1 Å². The summed E-state index contributed by atoms with van der Waals surface area (Å²) in [6.45, 7) is 1.39. The summed E-state index contributed by atoms with van der Waals surface area (Å²) in [6, 6.07) is 9.35. The van der Waals surface area contributed by atoms with Crippen LogP contribution in [0.25, 0.3) is 0 Å². The fourth-order valence-corrected chi connectivity index (χ4v) is 4.26. The maximum atomic E-state index is 12.6. The second-order valence-electron chi connectivity index (χ2n) is 4.84. The summed E-state index contributed by atoms with van der Waals surface area (Å²) in [5.74, 6) is 0.520. The third-order valence-corrected chi connectivity index (χ3v) is 5.64. The number of hydrogen-bond acceptors (Lipinski definition) is 5. The van der Waals surface area contributed by atoms with E-state index in [1.165, 1.54) is 25.1 Å². The topological polar surface area (TPSA) is 81.7 Å². The van der Waals surface area contributed by atoms with Crippen molar-refractivity contribution in [3.05, 3.63) is 46.4 Å². The Kier molecular flexibility index (Phi) is 4.03. The Morgan fingerprint density at radius 2 is 1.83 bits per heavy atom. The van der Waals surface area contributed by atoms with Crippen molar-refractivity contribution in [2.24, 2.45) is 0 Å². The minimum absolute atomic E-state index is 0.0348. The molecule has 0 saturated carbocycles. The van der Waals surface area contributed by atoms with Crippen LogP contribution in [0.4, 0.5) is 5.69 Å². The molecule has 2 aromatic carbocycles. The predicted molar refractivity (Wildman–Crippen MR) is 87.5 cm³/mol. The predicted octanol–water partition coefficient (Wildman–Crippen LogP) is 3.18. The number of hydrogen-bond donors (Lipinski definition) is 1. The number of nitrogens with one attached hydrogen (secondary N) is 1. The fraction of sp³-hybridized carbons (Fsp3) is 0.133. The number of carbonyl (C=O) groups excluding carboxylic acids is 1. The van der Waals surface area contributed by atoms with Gasteiger partial charge in [-0.25, -0.2) is 8.42 Å². The Balaban J connectivity index is 2.06. The number of sulfonamides is 1. The fourth-order valence-electron chi connectivity index (χ4n) is 2.18. The normalized spacial score (nSPS) is 13.0. The maximum Gasteiger partial charge on any atom is 0.263 e. The molecule has 1 aliphatic rings. The van der Waals surface area contributed by atoms with Gasteiger partial charge in [-0.3, -0.25) is 9.52 Å². The van der Waals surface area contributed by atoms with Gasteiger partial charge in [0.25, 0.3) is 10.0 Å². The average Bonchev–Trinajstić information content (AvgIpc) is 2.93. The summed E-state index contributed by atoms with van der Waals surface area (Å²) in [5.41, 5.74) is 0.363. The van der Waals surface area contributed by atoms with Crippen molar-refractivity contribution in [3.63, 3.8) is 0 Å². The van der Waals surface area contributed by atoms with Crippen LogP contribution >= 0.6 is 15.9 Å². The van der Waals surface area contributed by atoms with Crippen LogP contribution in [-0.2, 0) is 10.0 Å². The second kappa shape index (κ2) is 5.86. The summed E-state index contributed by atoms with van der Waals surface area (Å²) >= 11 is 3.21. The van der Waals surface area contributed by atoms with E-state index in [2.05, 4.69) is 20.7 Å². The molecule has 2 aromatic rings. The number of rotatable bonds is 4. The van der Waals surface area contributed by atoms with Gasteiger partial charge in [0.05, 0.1) is 5.69 Å². The van der Waals surface area contributed by atoms with Crippen LogP contribution in [0.15, 0.2) is 45.8 Å². The van der Waals surface area contributed by atoms with Crippen LogP contribution in [0.5, 0.6) is 11.5 Å². The average molecular weight is 398 g/mol. The minimum atomic E-state index is -3.86. The van der Waals surface area contributed by atoms with Crippen LogP contribution in [0.3, 0.4) is 0 Å². The lowest BCUT2D eigenvalue weighted by Gasteiger charge is -2.13. The first-order valence-corrected chi connectivity index (χ1v) is 8.88. The zero-order chi connectivity index (χ0) is 16.6. The number of carbonyl (C=O) groups is 1. The molecule has 0 amide bonds. The van der Waals surface area contributed by atoms with Gasteiger partial charge in [-0.05, 0) is 41.1 Å². The maximum absolute atomic E-state index is 12.6. The molecule has 1 N–H and O–H groups in total. The van der Waals surface area contributed by atoms with E-state index >= 15 is 0 Å². The highest BCUT2D eigenvalue weighted by atomic mass is 79.9. The van der Waals surface area contributed by atoms with E-state index in [0.29, 0.717) is 16.0 Å². The molecule has 6 nitrogen and oxygen atoms in total. The molecule has 1 aliphatic heterocycles. The van der Waals surface area contributed by atoms with E-state index in [9.17, 15) is 13.2 Å². The Morgan fingerprint density at radius 3 is 2.48 bits per heavy atom. The molecule has 0 atom stereocenters. The molecule has 3 rings (SSSR count). The minimum Gasteiger partial charge on any atom is -0.454 e. The highest BCUT2D eigenvalue weighted by Crippen LogP contribution is 2.38. The van der Waals surface area contributed by atoms with E-state index in [4.69, 9.17) is 9.47 Å². The van der Waals surface area contributed by atoms with Gasteiger partial charge in [-0.1, -0.05) is 12.1 Å². The quantitative estimate of drug-likeness (QED) is 0.801. The van der Waals surface area contributed by atoms with Crippen LogP contribution in [0.1, 0.15) is 17.3 Å². The molecule has 0 fully saturated rings. The second-order valence-corrected chi connectivity index (χ2v) is 7.35. The molecule has 0 spiro atoms. The third kappa shape index (κ3) is 3.04. The first kappa shape index (κ1) is 15.8. The summed E-state index contributed by atoms with van der Waals surface area (Å²) < 4.78 is 38.5. The summed E-state index contributed by atoms with van der Waals surface area (Å²) in [5, 5.41) is 0. The summed E-state index contributed by atoms with van der Waals surface area (Å²) in [7, 11) is -3.86. The number of ketones is 1. The molecule has 23 heavy (non-hydrogen) atoms. The summed E-state index contributed by atoms with van der Waals surface area (Å²) in [4.78, 5) is 11.9. The van der Waals surface area contributed by atoms with Crippen LogP contribution in [0.2, 0.25) is 0 Å². The van der Waals surface area contributed by atoms with Gasteiger partial charge in [-0.2, -0.15) is 0 Å². The lowest BCUT2D eigenvalue weighted by molar-refractivity contribution is 0.101. The molecule has 0 bridgehead atoms. The highest BCUT2D eigenvalue weighted by molar-refractivity contribution is 9.10. The Morgan fingerprint density at radius 1 is 1.17 bits per heavy atom. The van der Waals surface area contributed by atoms with E-state index in [0.717, 1.165) is 0 Å². The van der Waals surface area contributed by atoms with E-state index < -0.39 is 10.0 Å². The Labute approximate surface area is 141 Å². The van der Waals surface area contributed by atoms with Crippen LogP contribution in [0, 0.1) is 0 Å². The van der Waals surface area contributed by atoms with Crippen molar-refractivity contribution in [1.29, 1.82) is 0 Å². The molecule has 0 aliphatic carbocycles. The third-order valence-electron chi connectivity index (χ3n) is 3.26. The molecule has 8 heteroatoms. The van der Waals surface area contributed by atoms with E-state index in [1.54, 1.807) is 18.2 Å². The van der Waals surface area contributed by atoms with E-state index in [1.807, 2.05) is 0 Å². The standard InChI is InChI=1S/C15H12BrNO5S/c1-9(18)10-6-13-14(22-8-21-13)7-12(10)17-23(19,20)15-5-3-2-4-11(15)16/h2-7,17H,8H2,1H3. The Bertz CT molecular complexity index is 895. The first-order chi connectivity index (χ1) is 10.9. The molecular formula is C15H12BrNO5S. The number of anilines is 1. The van der Waals surface area contributed by atoms with Crippen molar-refractivity contribution in [1.82, 2.24) is 0 Å². The van der Waals surface area contributed by atoms with Crippen LogP contribution < -0.4 is 14.2 Å². The van der Waals surface area contributed by atoms with Crippen LogP contribution in [-0.4, -0.2) is 21.0 Å². The highest BCUT2D eigenvalue weighted by Gasteiger charge is 2.24. The number of Topliss-reactive ketones (excluding diaryl/α,β-unsaturated/α-hetero) is 1. The zero-order valence-electron chi connectivity index (χ0n) is 12.0. The van der Waals surface area contributed by atoms with Gasteiger partial charge < -0.3 is 9.47 Å². The molecule has 0 unspecified atom stereocenters. The van der Waals surface area contributed by atoms with Crippen molar-refractivity contribution >= 4 is 37.4 Å². The lowest BCUT2D eigenvalue weighted by atomic mass is 10.1. The van der Waals surface area contributed by atoms with Crippen molar-refractivity contribution in [2.45, 2.75) is 11.8 Å². The molecular weight excluding hydrogens is 386 g/mol. The first-order valence-electron chi connectivity index (χ1n) is 6.60. The molecule has 120 valence electrons. The number of ether oxygens (including phenoxy) is 2. The van der Waals surface area contributed by atoms with E-state index in [-0.39, 0.29) is 28.7 Å². The van der Waals surface area contributed by atoms with Gasteiger partial charge >= 0.3 is 0 Å². The molecule has 0 saturated heterocycles. The SMILES string of the molecule is CC(=O)c1cc2c(cc1NS(=O)(=O)c1ccccc1Br)OCO2. The smallest absolute Gasteiger partial charge is 0.263 e. The molecule has 1 heterocycles. The number of benzene rings is 2. The lowest BCUT2D eigenvalue weighted by Crippen LogP contribution is -2.15. The molecule has 0 radical (unpaired) electrons. The summed E-state index contributed by atoms with van der Waals surface area (Å²) in [6.07, 6.45) is 0. The monoisotopic (exact) mass is 397 g/mol. The molecule has 0 aromatic heterocycles. The van der Waals surface area contributed by atoms with Gasteiger partial charge in [0.2, 0.25) is 6.79 Å².